The average Bonchev–Trinajstić information content (AvgIpc) is 2.91. The zero-order valence-corrected chi connectivity index (χ0v) is 13.5. The smallest absolute Gasteiger partial charge is 0.406 e. The Labute approximate surface area is 145 Å². The number of benzene rings is 2. The van der Waals surface area contributed by atoms with Crippen molar-refractivity contribution in [3.63, 3.8) is 0 Å². The van der Waals surface area contributed by atoms with Gasteiger partial charge in [-0.2, -0.15) is 0 Å². The van der Waals surface area contributed by atoms with Crippen LogP contribution in [0, 0.1) is 10.1 Å². The van der Waals surface area contributed by atoms with Crippen LogP contribution in [0.25, 0.3) is 0 Å². The van der Waals surface area contributed by atoms with Crippen molar-refractivity contribution in [2.75, 3.05) is 11.4 Å². The summed E-state index contributed by atoms with van der Waals surface area (Å²) < 4.78 is 40.4. The predicted octanol–water partition coefficient (Wildman–Crippen LogP) is 4.71. The molecule has 1 heterocycles. The minimum atomic E-state index is -4.72. The normalized spacial score (nSPS) is 13.7. The summed E-state index contributed by atoms with van der Waals surface area (Å²) in [7, 11) is 0. The Morgan fingerprint density at radius 3 is 2.52 bits per heavy atom. The van der Waals surface area contributed by atoms with Gasteiger partial charge in [-0.1, -0.05) is 23.7 Å². The summed E-state index contributed by atoms with van der Waals surface area (Å²) >= 11 is 6.19. The largest absolute Gasteiger partial charge is 0.573 e. The summed E-state index contributed by atoms with van der Waals surface area (Å²) in [5.74, 6) is -0.285. The van der Waals surface area contributed by atoms with Gasteiger partial charge >= 0.3 is 6.36 Å². The second-order valence-electron chi connectivity index (χ2n) is 5.56. The predicted molar refractivity (Wildman–Crippen MR) is 86.0 cm³/mol. The Balaban J connectivity index is 1.77. The summed E-state index contributed by atoms with van der Waals surface area (Å²) in [5, 5.41) is 11.2. The second kappa shape index (κ2) is 6.44. The molecular weight excluding hydrogens is 361 g/mol. The molecule has 132 valence electrons. The Morgan fingerprint density at radius 2 is 1.92 bits per heavy atom. The number of nitro groups is 1. The first-order valence-electron chi connectivity index (χ1n) is 7.29. The highest BCUT2D eigenvalue weighted by atomic mass is 35.5. The number of hydrogen-bond donors (Lipinski definition) is 0. The van der Waals surface area contributed by atoms with E-state index in [1.165, 1.54) is 24.3 Å². The van der Waals surface area contributed by atoms with Crippen molar-refractivity contribution in [3.05, 3.63) is 62.7 Å². The van der Waals surface area contributed by atoms with E-state index in [1.54, 1.807) is 12.1 Å². The van der Waals surface area contributed by atoms with Crippen molar-refractivity contribution < 1.29 is 22.8 Å². The van der Waals surface area contributed by atoms with Gasteiger partial charge in [0.05, 0.1) is 15.6 Å². The van der Waals surface area contributed by atoms with Crippen molar-refractivity contribution in [1.82, 2.24) is 0 Å². The third-order valence-corrected chi connectivity index (χ3v) is 4.12. The Kier molecular flexibility index (Phi) is 4.47. The van der Waals surface area contributed by atoms with Crippen molar-refractivity contribution >= 4 is 23.0 Å². The standard InChI is InChI=1S/C16H12ClF3N2O3/c17-14-8-12(22(23)24)7-11-5-6-21(15(11)14)9-10-1-3-13(4-2-10)25-16(18,19)20/h1-4,7-8H,5-6,9H2. The lowest BCUT2D eigenvalue weighted by atomic mass is 10.1. The van der Waals surface area contributed by atoms with Gasteiger partial charge < -0.3 is 9.64 Å². The topological polar surface area (TPSA) is 55.6 Å². The monoisotopic (exact) mass is 372 g/mol. The quantitative estimate of drug-likeness (QED) is 0.576. The van der Waals surface area contributed by atoms with Gasteiger partial charge in [0.1, 0.15) is 5.75 Å². The molecule has 0 spiro atoms. The van der Waals surface area contributed by atoms with Crippen molar-refractivity contribution in [3.8, 4) is 5.75 Å². The number of non-ortho nitro benzene ring substituents is 1. The summed E-state index contributed by atoms with van der Waals surface area (Å²) in [6.07, 6.45) is -4.11. The first-order valence-corrected chi connectivity index (χ1v) is 7.67. The SMILES string of the molecule is O=[N+]([O-])c1cc(Cl)c2c(c1)CCN2Cc1ccc(OC(F)(F)F)cc1. The van der Waals surface area contributed by atoms with E-state index in [2.05, 4.69) is 4.74 Å². The summed E-state index contributed by atoms with van der Waals surface area (Å²) in [6.45, 7) is 1.05. The van der Waals surface area contributed by atoms with Gasteiger partial charge in [-0.3, -0.25) is 10.1 Å². The van der Waals surface area contributed by atoms with E-state index in [9.17, 15) is 23.3 Å². The van der Waals surface area contributed by atoms with Gasteiger partial charge in [0.2, 0.25) is 0 Å². The van der Waals surface area contributed by atoms with Gasteiger partial charge in [-0.05, 0) is 29.7 Å². The van der Waals surface area contributed by atoms with E-state index < -0.39 is 11.3 Å². The van der Waals surface area contributed by atoms with Crippen LogP contribution in [0.3, 0.4) is 0 Å². The highest BCUT2D eigenvalue weighted by Gasteiger charge is 2.31. The fraction of sp³-hybridized carbons (Fsp3) is 0.250. The molecule has 0 atom stereocenters. The first kappa shape index (κ1) is 17.3. The number of fused-ring (bicyclic) bond motifs is 1. The summed E-state index contributed by atoms with van der Waals surface area (Å²) in [4.78, 5) is 12.4. The van der Waals surface area contributed by atoms with Crippen molar-refractivity contribution in [2.24, 2.45) is 0 Å². The molecule has 3 rings (SSSR count). The molecular formula is C16H12ClF3N2O3. The van der Waals surface area contributed by atoms with Crippen molar-refractivity contribution in [1.29, 1.82) is 0 Å². The molecule has 0 amide bonds. The van der Waals surface area contributed by atoms with Crippen LogP contribution in [0.5, 0.6) is 5.75 Å². The molecule has 2 aromatic rings. The minimum absolute atomic E-state index is 0.0562. The number of rotatable bonds is 4. The van der Waals surface area contributed by atoms with Gasteiger partial charge in [0.25, 0.3) is 5.69 Å². The number of halogens is 4. The molecule has 2 aromatic carbocycles. The Hall–Kier alpha value is -2.48. The molecule has 0 radical (unpaired) electrons. The fourth-order valence-electron chi connectivity index (χ4n) is 2.83. The molecule has 0 N–H and O–H groups in total. The molecule has 0 saturated carbocycles. The number of anilines is 1. The third-order valence-electron chi connectivity index (χ3n) is 3.84. The molecule has 0 fully saturated rings. The summed E-state index contributed by atoms with van der Waals surface area (Å²) in [6, 6.07) is 8.38. The van der Waals surface area contributed by atoms with Crippen LogP contribution in [0.15, 0.2) is 36.4 Å². The summed E-state index contributed by atoms with van der Waals surface area (Å²) in [5.41, 5.74) is 2.23. The maximum atomic E-state index is 12.2. The fourth-order valence-corrected chi connectivity index (χ4v) is 3.19. The molecule has 5 nitrogen and oxygen atoms in total. The van der Waals surface area contributed by atoms with E-state index in [0.29, 0.717) is 24.5 Å². The second-order valence-corrected chi connectivity index (χ2v) is 5.96. The van der Waals surface area contributed by atoms with E-state index in [0.717, 1.165) is 16.8 Å². The Bertz CT molecular complexity index is 810. The minimum Gasteiger partial charge on any atom is -0.406 e. The molecule has 0 aliphatic carbocycles. The lowest BCUT2D eigenvalue weighted by molar-refractivity contribution is -0.384. The van der Waals surface area contributed by atoms with E-state index in [-0.39, 0.29) is 11.4 Å². The van der Waals surface area contributed by atoms with Crippen molar-refractivity contribution in [2.45, 2.75) is 19.3 Å². The molecule has 0 unspecified atom stereocenters. The van der Waals surface area contributed by atoms with E-state index >= 15 is 0 Å². The third kappa shape index (κ3) is 3.96. The zero-order chi connectivity index (χ0) is 18.2. The first-order chi connectivity index (χ1) is 11.7. The molecule has 1 aliphatic rings. The molecule has 9 heteroatoms. The van der Waals surface area contributed by atoms with Gasteiger partial charge in [-0.15, -0.1) is 13.2 Å². The molecule has 25 heavy (non-hydrogen) atoms. The highest BCUT2D eigenvalue weighted by molar-refractivity contribution is 6.33. The maximum Gasteiger partial charge on any atom is 0.573 e. The van der Waals surface area contributed by atoms with Gasteiger partial charge in [0, 0.05) is 25.2 Å². The molecule has 0 bridgehead atoms. The van der Waals surface area contributed by atoms with Crippen LogP contribution in [-0.4, -0.2) is 17.8 Å². The van der Waals surface area contributed by atoms with Gasteiger partial charge in [0.15, 0.2) is 0 Å². The molecule has 0 saturated heterocycles. The lowest BCUT2D eigenvalue weighted by Crippen LogP contribution is -2.20. The van der Waals surface area contributed by atoms with Crippen LogP contribution < -0.4 is 9.64 Å². The van der Waals surface area contributed by atoms with Crippen LogP contribution in [0.4, 0.5) is 24.5 Å². The Morgan fingerprint density at radius 1 is 1.24 bits per heavy atom. The number of hydrogen-bond acceptors (Lipinski definition) is 4. The molecule has 0 aromatic heterocycles. The molecule has 1 aliphatic heterocycles. The van der Waals surface area contributed by atoms with Crippen LogP contribution in [0.1, 0.15) is 11.1 Å². The van der Waals surface area contributed by atoms with E-state index in [1.807, 2.05) is 4.90 Å². The average molecular weight is 373 g/mol. The van der Waals surface area contributed by atoms with Crippen LogP contribution in [0.2, 0.25) is 5.02 Å². The van der Waals surface area contributed by atoms with Gasteiger partial charge in [-0.25, -0.2) is 0 Å². The van der Waals surface area contributed by atoms with E-state index in [4.69, 9.17) is 11.6 Å². The number of alkyl halides is 3. The lowest BCUT2D eigenvalue weighted by Gasteiger charge is -2.20. The number of nitro benzene ring substituents is 1. The number of ether oxygens (including phenoxy) is 1. The zero-order valence-electron chi connectivity index (χ0n) is 12.7. The van der Waals surface area contributed by atoms with Crippen LogP contribution >= 0.6 is 11.6 Å². The van der Waals surface area contributed by atoms with Crippen LogP contribution in [-0.2, 0) is 13.0 Å². The number of nitrogens with zero attached hydrogens (tertiary/aromatic N) is 2. The highest BCUT2D eigenvalue weighted by Crippen LogP contribution is 2.39. The maximum absolute atomic E-state index is 12.2.